The van der Waals surface area contributed by atoms with Gasteiger partial charge in [0, 0.05) is 5.56 Å². The summed E-state index contributed by atoms with van der Waals surface area (Å²) in [4.78, 5) is 12.2. The van der Waals surface area contributed by atoms with Crippen LogP contribution in [0.1, 0.15) is 29.3 Å². The Morgan fingerprint density at radius 3 is 2.55 bits per heavy atom. The number of carbonyl (C=O) groups excluding carboxylic acids is 1. The highest BCUT2D eigenvalue weighted by atomic mass is 35.5. The number of ketones is 1. The van der Waals surface area contributed by atoms with Crippen molar-refractivity contribution in [2.45, 2.75) is 13.3 Å². The normalized spacial score (nSPS) is 10.3. The summed E-state index contributed by atoms with van der Waals surface area (Å²) in [7, 11) is 0. The molecule has 0 bridgehead atoms. The van der Waals surface area contributed by atoms with E-state index in [0.717, 1.165) is 6.42 Å². The van der Waals surface area contributed by atoms with Gasteiger partial charge < -0.3 is 4.74 Å². The molecule has 2 rings (SSSR count). The van der Waals surface area contributed by atoms with E-state index in [1.54, 1.807) is 30.3 Å². The van der Waals surface area contributed by atoms with Gasteiger partial charge >= 0.3 is 0 Å². The van der Waals surface area contributed by atoms with E-state index in [4.69, 9.17) is 16.3 Å². The molecule has 0 fully saturated rings. The Morgan fingerprint density at radius 1 is 1.20 bits per heavy atom. The third kappa shape index (κ3) is 3.17. The van der Waals surface area contributed by atoms with Gasteiger partial charge in [-0.25, -0.2) is 4.39 Å². The summed E-state index contributed by atoms with van der Waals surface area (Å²) in [6, 6.07) is 11.0. The number of ether oxygens (including phenoxy) is 1. The minimum atomic E-state index is -0.689. The van der Waals surface area contributed by atoms with Crippen LogP contribution in [-0.4, -0.2) is 12.4 Å². The van der Waals surface area contributed by atoms with Gasteiger partial charge in [-0.3, -0.25) is 4.79 Å². The second kappa shape index (κ2) is 6.53. The highest BCUT2D eigenvalue weighted by molar-refractivity contribution is 6.31. The largest absolute Gasteiger partial charge is 0.494 e. The molecule has 104 valence electrons. The van der Waals surface area contributed by atoms with E-state index in [1.165, 1.54) is 12.1 Å². The first kappa shape index (κ1) is 14.5. The van der Waals surface area contributed by atoms with Crippen LogP contribution in [-0.2, 0) is 0 Å². The maximum atomic E-state index is 13.8. The number of hydrogen-bond donors (Lipinski definition) is 0. The summed E-state index contributed by atoms with van der Waals surface area (Å²) in [5.41, 5.74) is 0.370. The molecule has 0 amide bonds. The van der Waals surface area contributed by atoms with E-state index >= 15 is 0 Å². The molecule has 0 spiro atoms. The van der Waals surface area contributed by atoms with E-state index < -0.39 is 11.6 Å². The molecule has 4 heteroatoms. The minimum absolute atomic E-state index is 0.0280. The van der Waals surface area contributed by atoms with Crippen LogP contribution in [0.25, 0.3) is 0 Å². The Labute approximate surface area is 122 Å². The number of benzene rings is 2. The summed E-state index contributed by atoms with van der Waals surface area (Å²) in [6.45, 7) is 2.63. The van der Waals surface area contributed by atoms with Crippen LogP contribution in [0.3, 0.4) is 0 Å². The third-order valence-corrected chi connectivity index (χ3v) is 3.08. The van der Waals surface area contributed by atoms with Crippen LogP contribution in [0, 0.1) is 5.82 Å². The summed E-state index contributed by atoms with van der Waals surface area (Å²) in [5, 5.41) is -0.0567. The average molecular weight is 293 g/mol. The maximum absolute atomic E-state index is 13.8. The lowest BCUT2D eigenvalue weighted by molar-refractivity contribution is 0.103. The molecule has 0 saturated carbocycles. The zero-order valence-corrected chi connectivity index (χ0v) is 11.8. The number of rotatable bonds is 5. The first-order valence-corrected chi connectivity index (χ1v) is 6.73. The number of hydrogen-bond acceptors (Lipinski definition) is 2. The molecule has 0 aromatic heterocycles. The fourth-order valence-electron chi connectivity index (χ4n) is 1.76. The quantitative estimate of drug-likeness (QED) is 0.759. The molecule has 20 heavy (non-hydrogen) atoms. The molecule has 0 atom stereocenters. The lowest BCUT2D eigenvalue weighted by atomic mass is 10.0. The van der Waals surface area contributed by atoms with Crippen molar-refractivity contribution >= 4 is 17.4 Å². The molecule has 2 aromatic carbocycles. The van der Waals surface area contributed by atoms with Gasteiger partial charge in [-0.15, -0.1) is 0 Å². The molecule has 0 heterocycles. The Bertz CT molecular complexity index is 608. The predicted octanol–water partition coefficient (Wildman–Crippen LogP) is 4.50. The van der Waals surface area contributed by atoms with Crippen molar-refractivity contribution in [3.8, 4) is 5.75 Å². The molecule has 0 aliphatic rings. The molecule has 0 aliphatic carbocycles. The van der Waals surface area contributed by atoms with E-state index in [1.807, 2.05) is 6.92 Å². The Morgan fingerprint density at radius 2 is 1.90 bits per heavy atom. The van der Waals surface area contributed by atoms with Crippen molar-refractivity contribution in [2.75, 3.05) is 6.61 Å². The third-order valence-electron chi connectivity index (χ3n) is 2.79. The fraction of sp³-hybridized carbons (Fsp3) is 0.188. The van der Waals surface area contributed by atoms with Crippen molar-refractivity contribution in [3.05, 3.63) is 64.4 Å². The van der Waals surface area contributed by atoms with Gasteiger partial charge in [0.1, 0.15) is 5.75 Å². The molecule has 0 N–H and O–H groups in total. The van der Waals surface area contributed by atoms with Crippen LogP contribution in [0.5, 0.6) is 5.75 Å². The predicted molar refractivity (Wildman–Crippen MR) is 77.1 cm³/mol. The number of halogens is 2. The molecule has 0 aliphatic heterocycles. The highest BCUT2D eigenvalue weighted by Gasteiger charge is 2.15. The summed E-state index contributed by atoms with van der Waals surface area (Å²) >= 11 is 5.68. The van der Waals surface area contributed by atoms with Crippen molar-refractivity contribution in [1.82, 2.24) is 0 Å². The lowest BCUT2D eigenvalue weighted by Crippen LogP contribution is -2.04. The van der Waals surface area contributed by atoms with Crippen molar-refractivity contribution in [1.29, 1.82) is 0 Å². The second-order valence-corrected chi connectivity index (χ2v) is 4.71. The first-order chi connectivity index (χ1) is 9.63. The van der Waals surface area contributed by atoms with Gasteiger partial charge in [-0.1, -0.05) is 24.6 Å². The number of carbonyl (C=O) groups is 1. The smallest absolute Gasteiger partial charge is 0.196 e. The van der Waals surface area contributed by atoms with Gasteiger partial charge in [-0.05, 0) is 42.8 Å². The van der Waals surface area contributed by atoms with Gasteiger partial charge in [0.05, 0.1) is 17.2 Å². The molecule has 0 unspecified atom stereocenters. The standard InChI is InChI=1S/C16H14ClFO2/c1-2-10-20-12-8-6-11(7-9-12)16(19)13-4-3-5-14(17)15(13)18/h3-9H,2,10H2,1H3. The second-order valence-electron chi connectivity index (χ2n) is 4.30. The molecule has 2 aromatic rings. The van der Waals surface area contributed by atoms with Crippen LogP contribution < -0.4 is 4.74 Å². The highest BCUT2D eigenvalue weighted by Crippen LogP contribution is 2.21. The first-order valence-electron chi connectivity index (χ1n) is 6.35. The molecular weight excluding hydrogens is 279 g/mol. The topological polar surface area (TPSA) is 26.3 Å². The molecule has 0 saturated heterocycles. The van der Waals surface area contributed by atoms with Crippen LogP contribution in [0.2, 0.25) is 5.02 Å². The molecule has 0 radical (unpaired) electrons. The summed E-state index contributed by atoms with van der Waals surface area (Å²) in [6.07, 6.45) is 0.911. The summed E-state index contributed by atoms with van der Waals surface area (Å²) < 4.78 is 19.2. The van der Waals surface area contributed by atoms with E-state index in [-0.39, 0.29) is 10.6 Å². The Kier molecular flexibility index (Phi) is 4.74. The van der Waals surface area contributed by atoms with Crippen molar-refractivity contribution < 1.29 is 13.9 Å². The van der Waals surface area contributed by atoms with Crippen molar-refractivity contribution in [3.63, 3.8) is 0 Å². The SMILES string of the molecule is CCCOc1ccc(C(=O)c2cccc(Cl)c2F)cc1. The maximum Gasteiger partial charge on any atom is 0.196 e. The van der Waals surface area contributed by atoms with Gasteiger partial charge in [0.15, 0.2) is 11.6 Å². The van der Waals surface area contributed by atoms with Crippen LogP contribution in [0.15, 0.2) is 42.5 Å². The Hall–Kier alpha value is -1.87. The minimum Gasteiger partial charge on any atom is -0.494 e. The van der Waals surface area contributed by atoms with Gasteiger partial charge in [0.25, 0.3) is 0 Å². The fourth-order valence-corrected chi connectivity index (χ4v) is 1.93. The van der Waals surface area contributed by atoms with E-state index in [2.05, 4.69) is 0 Å². The molecule has 2 nitrogen and oxygen atoms in total. The van der Waals surface area contributed by atoms with E-state index in [9.17, 15) is 9.18 Å². The monoisotopic (exact) mass is 292 g/mol. The van der Waals surface area contributed by atoms with Crippen molar-refractivity contribution in [2.24, 2.45) is 0 Å². The summed E-state index contributed by atoms with van der Waals surface area (Å²) in [5.74, 6) is -0.396. The Balaban J connectivity index is 2.23. The zero-order chi connectivity index (χ0) is 14.5. The van der Waals surface area contributed by atoms with Crippen LogP contribution in [0.4, 0.5) is 4.39 Å². The van der Waals surface area contributed by atoms with E-state index in [0.29, 0.717) is 17.9 Å². The average Bonchev–Trinajstić information content (AvgIpc) is 2.48. The molecular formula is C16H14ClFO2. The van der Waals surface area contributed by atoms with Crippen LogP contribution >= 0.6 is 11.6 Å². The van der Waals surface area contributed by atoms with Gasteiger partial charge in [-0.2, -0.15) is 0 Å². The zero-order valence-electron chi connectivity index (χ0n) is 11.0. The lowest BCUT2D eigenvalue weighted by Gasteiger charge is -2.06. The van der Waals surface area contributed by atoms with Gasteiger partial charge in [0.2, 0.25) is 0 Å².